The molecular weight excluding hydrogens is 384 g/mol. The molecule has 0 aliphatic carbocycles. The average Bonchev–Trinajstić information content (AvgIpc) is 2.93. The standard InChI is InChI=1S/C23H32N2O3S/c1-14(2)16-9-8-10-17(15(3)4)22(16)24-19(27)12-25-20(28)13-29-21(25)11-18(26)23(5,6)7/h8-11,14-15H,12-13H2,1-7H3,(H,24,27)/b21-11-. The van der Waals surface area contributed by atoms with Crippen molar-refractivity contribution in [2.45, 2.75) is 60.3 Å². The van der Waals surface area contributed by atoms with Crippen LogP contribution in [-0.4, -0.2) is 34.8 Å². The molecule has 1 heterocycles. The molecule has 158 valence electrons. The third-order valence-electron chi connectivity index (χ3n) is 4.84. The van der Waals surface area contributed by atoms with Gasteiger partial charge in [-0.25, -0.2) is 0 Å². The molecule has 2 rings (SSSR count). The Labute approximate surface area is 178 Å². The van der Waals surface area contributed by atoms with Crippen LogP contribution in [-0.2, 0) is 14.4 Å². The topological polar surface area (TPSA) is 66.5 Å². The maximum atomic E-state index is 12.9. The highest BCUT2D eigenvalue weighted by Crippen LogP contribution is 2.33. The Morgan fingerprint density at radius 1 is 1.14 bits per heavy atom. The molecule has 0 saturated carbocycles. The number of hydrogen-bond acceptors (Lipinski definition) is 4. The average molecular weight is 417 g/mol. The Kier molecular flexibility index (Phi) is 7.33. The van der Waals surface area contributed by atoms with E-state index in [4.69, 9.17) is 0 Å². The third-order valence-corrected chi connectivity index (χ3v) is 5.87. The molecule has 29 heavy (non-hydrogen) atoms. The van der Waals surface area contributed by atoms with Crippen LogP contribution in [0.25, 0.3) is 0 Å². The zero-order valence-electron chi connectivity index (χ0n) is 18.5. The van der Waals surface area contributed by atoms with Crippen molar-refractivity contribution in [2.24, 2.45) is 5.41 Å². The van der Waals surface area contributed by atoms with Gasteiger partial charge < -0.3 is 5.32 Å². The Hall–Kier alpha value is -2.08. The highest BCUT2D eigenvalue weighted by molar-refractivity contribution is 8.04. The van der Waals surface area contributed by atoms with Crippen molar-refractivity contribution in [1.29, 1.82) is 0 Å². The quantitative estimate of drug-likeness (QED) is 0.670. The van der Waals surface area contributed by atoms with Crippen LogP contribution in [0, 0.1) is 5.41 Å². The van der Waals surface area contributed by atoms with Crippen LogP contribution in [0.2, 0.25) is 0 Å². The number of carbonyl (C=O) groups is 3. The van der Waals surface area contributed by atoms with Gasteiger partial charge in [-0.1, -0.05) is 78.4 Å². The molecule has 0 unspecified atom stereocenters. The first-order valence-electron chi connectivity index (χ1n) is 10.0. The second-order valence-electron chi connectivity index (χ2n) is 9.03. The molecule has 0 spiro atoms. The lowest BCUT2D eigenvalue weighted by Crippen LogP contribution is -2.34. The van der Waals surface area contributed by atoms with Crippen LogP contribution in [0.4, 0.5) is 5.69 Å². The van der Waals surface area contributed by atoms with Crippen LogP contribution >= 0.6 is 11.8 Å². The summed E-state index contributed by atoms with van der Waals surface area (Å²) in [6, 6.07) is 6.06. The van der Waals surface area contributed by atoms with Gasteiger partial charge in [-0.3, -0.25) is 19.3 Å². The van der Waals surface area contributed by atoms with Crippen molar-refractivity contribution in [3.05, 3.63) is 40.4 Å². The summed E-state index contributed by atoms with van der Waals surface area (Å²) in [7, 11) is 0. The number of ketones is 1. The lowest BCUT2D eigenvalue weighted by Gasteiger charge is -2.22. The summed E-state index contributed by atoms with van der Waals surface area (Å²) < 4.78 is 0. The van der Waals surface area contributed by atoms with E-state index in [0.717, 1.165) is 16.8 Å². The van der Waals surface area contributed by atoms with E-state index in [1.807, 2.05) is 39.0 Å². The van der Waals surface area contributed by atoms with Gasteiger partial charge in [0, 0.05) is 17.2 Å². The van der Waals surface area contributed by atoms with Gasteiger partial charge in [0.1, 0.15) is 6.54 Å². The number of amides is 2. The molecule has 1 N–H and O–H groups in total. The van der Waals surface area contributed by atoms with Gasteiger partial charge in [0.25, 0.3) is 0 Å². The predicted octanol–water partition coefficient (Wildman–Crippen LogP) is 4.90. The maximum absolute atomic E-state index is 12.9. The molecule has 0 bridgehead atoms. The molecule has 1 fully saturated rings. The van der Waals surface area contributed by atoms with Gasteiger partial charge in [-0.05, 0) is 23.0 Å². The largest absolute Gasteiger partial charge is 0.324 e. The Balaban J connectivity index is 2.25. The molecule has 6 heteroatoms. The van der Waals surface area contributed by atoms with Gasteiger partial charge in [0.05, 0.1) is 10.8 Å². The first-order chi connectivity index (χ1) is 13.4. The van der Waals surface area contributed by atoms with E-state index in [1.54, 1.807) is 0 Å². The highest BCUT2D eigenvalue weighted by atomic mass is 32.2. The molecule has 2 amide bonds. The van der Waals surface area contributed by atoms with Crippen molar-refractivity contribution in [3.63, 3.8) is 0 Å². The lowest BCUT2D eigenvalue weighted by atomic mass is 9.91. The summed E-state index contributed by atoms with van der Waals surface area (Å²) in [6.07, 6.45) is 1.49. The van der Waals surface area contributed by atoms with Crippen molar-refractivity contribution in [2.75, 3.05) is 17.6 Å². The summed E-state index contributed by atoms with van der Waals surface area (Å²) in [5.41, 5.74) is 2.45. The smallest absolute Gasteiger partial charge is 0.244 e. The number of benzene rings is 1. The van der Waals surface area contributed by atoms with Crippen LogP contribution in [0.1, 0.15) is 71.4 Å². The van der Waals surface area contributed by atoms with Gasteiger partial charge in [0.2, 0.25) is 11.8 Å². The fourth-order valence-corrected chi connectivity index (χ4v) is 3.99. The van der Waals surface area contributed by atoms with Gasteiger partial charge >= 0.3 is 0 Å². The summed E-state index contributed by atoms with van der Waals surface area (Å²) in [4.78, 5) is 39.0. The highest BCUT2D eigenvalue weighted by Gasteiger charge is 2.31. The normalized spacial score (nSPS) is 16.2. The van der Waals surface area contributed by atoms with E-state index in [0.29, 0.717) is 5.03 Å². The van der Waals surface area contributed by atoms with Crippen molar-refractivity contribution >= 4 is 35.0 Å². The number of nitrogens with one attached hydrogen (secondary N) is 1. The van der Waals surface area contributed by atoms with Gasteiger partial charge in [0.15, 0.2) is 5.78 Å². The lowest BCUT2D eigenvalue weighted by molar-refractivity contribution is -0.129. The van der Waals surface area contributed by atoms with E-state index in [-0.39, 0.29) is 41.7 Å². The number of anilines is 1. The number of rotatable bonds is 6. The fraction of sp³-hybridized carbons (Fsp3) is 0.522. The number of hydrogen-bond donors (Lipinski definition) is 1. The second kappa shape index (κ2) is 9.16. The summed E-state index contributed by atoms with van der Waals surface area (Å²) in [6.45, 7) is 13.8. The summed E-state index contributed by atoms with van der Waals surface area (Å²) in [5, 5.41) is 3.59. The number of nitrogens with zero attached hydrogens (tertiary/aromatic N) is 1. The zero-order chi connectivity index (χ0) is 21.9. The Morgan fingerprint density at radius 2 is 1.69 bits per heavy atom. The monoisotopic (exact) mass is 416 g/mol. The van der Waals surface area contributed by atoms with E-state index < -0.39 is 5.41 Å². The molecule has 1 aliphatic heterocycles. The maximum Gasteiger partial charge on any atom is 0.244 e. The van der Waals surface area contributed by atoms with Crippen LogP contribution < -0.4 is 5.32 Å². The van der Waals surface area contributed by atoms with Crippen LogP contribution in [0.5, 0.6) is 0 Å². The number of carbonyl (C=O) groups excluding carboxylic acids is 3. The zero-order valence-corrected chi connectivity index (χ0v) is 19.3. The predicted molar refractivity (Wildman–Crippen MR) is 120 cm³/mol. The SMILES string of the molecule is CC(C)c1cccc(C(C)C)c1NC(=O)CN1C(=O)CS/C1=C\C(=O)C(C)(C)C. The van der Waals surface area contributed by atoms with Crippen molar-refractivity contribution in [3.8, 4) is 0 Å². The van der Waals surface area contributed by atoms with E-state index in [1.165, 1.54) is 22.7 Å². The molecule has 0 radical (unpaired) electrons. The molecule has 5 nitrogen and oxygen atoms in total. The van der Waals surface area contributed by atoms with E-state index in [2.05, 4.69) is 33.0 Å². The van der Waals surface area contributed by atoms with Crippen LogP contribution in [0.15, 0.2) is 29.3 Å². The minimum Gasteiger partial charge on any atom is -0.324 e. The van der Waals surface area contributed by atoms with Crippen LogP contribution in [0.3, 0.4) is 0 Å². The molecule has 1 aromatic rings. The van der Waals surface area contributed by atoms with Gasteiger partial charge in [-0.2, -0.15) is 0 Å². The van der Waals surface area contributed by atoms with E-state index >= 15 is 0 Å². The van der Waals surface area contributed by atoms with Gasteiger partial charge in [-0.15, -0.1) is 0 Å². The third kappa shape index (κ3) is 5.72. The first kappa shape index (κ1) is 23.2. The Morgan fingerprint density at radius 3 is 2.17 bits per heavy atom. The molecule has 1 aromatic carbocycles. The number of thioether (sulfide) groups is 1. The molecular formula is C23H32N2O3S. The van der Waals surface area contributed by atoms with E-state index in [9.17, 15) is 14.4 Å². The molecule has 1 saturated heterocycles. The molecule has 0 atom stereocenters. The minimum absolute atomic E-state index is 0.0626. The molecule has 1 aliphatic rings. The van der Waals surface area contributed by atoms with Crippen molar-refractivity contribution in [1.82, 2.24) is 4.90 Å². The second-order valence-corrected chi connectivity index (χ2v) is 10.0. The number of para-hydroxylation sites is 1. The minimum atomic E-state index is -0.532. The fourth-order valence-electron chi connectivity index (χ4n) is 3.05. The van der Waals surface area contributed by atoms with Crippen molar-refractivity contribution < 1.29 is 14.4 Å². The Bertz CT molecular complexity index is 809. The number of allylic oxidation sites excluding steroid dienone is 1. The first-order valence-corrected chi connectivity index (χ1v) is 11.0. The summed E-state index contributed by atoms with van der Waals surface area (Å²) in [5.74, 6) is 0.286. The summed E-state index contributed by atoms with van der Waals surface area (Å²) >= 11 is 1.30. The molecule has 0 aromatic heterocycles.